The topological polar surface area (TPSA) is 21.3 Å². The number of benzene rings is 1. The third-order valence-electron chi connectivity index (χ3n) is 3.10. The van der Waals surface area contributed by atoms with Gasteiger partial charge in [0.25, 0.3) is 0 Å². The first-order chi connectivity index (χ1) is 9.24. The lowest BCUT2D eigenvalue weighted by Crippen LogP contribution is -2.17. The van der Waals surface area contributed by atoms with Gasteiger partial charge in [0, 0.05) is 17.5 Å². The van der Waals surface area contributed by atoms with Crippen molar-refractivity contribution >= 4 is 23.1 Å². The molecule has 1 aromatic carbocycles. The van der Waals surface area contributed by atoms with Gasteiger partial charge in [0.1, 0.15) is 5.75 Å². The Morgan fingerprint density at radius 3 is 2.84 bits per heavy atom. The largest absolute Gasteiger partial charge is 0.496 e. The number of hydrogen-bond acceptors (Lipinski definition) is 4. The molecule has 0 bridgehead atoms. The van der Waals surface area contributed by atoms with Crippen molar-refractivity contribution in [1.82, 2.24) is 5.32 Å². The zero-order valence-electron chi connectivity index (χ0n) is 11.5. The summed E-state index contributed by atoms with van der Waals surface area (Å²) in [7, 11) is 1.72. The van der Waals surface area contributed by atoms with Gasteiger partial charge in [0.15, 0.2) is 0 Å². The number of thioether (sulfide) groups is 1. The predicted octanol–water partition coefficient (Wildman–Crippen LogP) is 4.33. The molecule has 2 aromatic rings. The Labute approximate surface area is 123 Å². The smallest absolute Gasteiger partial charge is 0.132 e. The Hall–Kier alpha value is -0.970. The standard InChI is InChI=1S/C15H19NOS2/c1-11(16-9-12-6-7-19-10-12)13-4-5-15(18-3)14(8-13)17-2/h4-8,10-11,16H,9H2,1-3H3. The van der Waals surface area contributed by atoms with Crippen LogP contribution in [0.25, 0.3) is 0 Å². The van der Waals surface area contributed by atoms with E-state index in [0.717, 1.165) is 12.3 Å². The fourth-order valence-corrected chi connectivity index (χ4v) is 3.12. The maximum atomic E-state index is 5.43. The molecule has 0 spiro atoms. The third-order valence-corrected chi connectivity index (χ3v) is 4.61. The van der Waals surface area contributed by atoms with Gasteiger partial charge in [0.2, 0.25) is 0 Å². The van der Waals surface area contributed by atoms with Crippen LogP contribution in [0, 0.1) is 0 Å². The molecule has 0 saturated carbocycles. The highest BCUT2D eigenvalue weighted by molar-refractivity contribution is 7.98. The number of thiophene rings is 1. The van der Waals surface area contributed by atoms with E-state index in [9.17, 15) is 0 Å². The molecule has 1 N–H and O–H groups in total. The maximum Gasteiger partial charge on any atom is 0.132 e. The highest BCUT2D eigenvalue weighted by Crippen LogP contribution is 2.30. The lowest BCUT2D eigenvalue weighted by Gasteiger charge is -2.16. The Bertz CT molecular complexity index is 511. The van der Waals surface area contributed by atoms with Crippen LogP contribution in [-0.4, -0.2) is 13.4 Å². The van der Waals surface area contributed by atoms with Gasteiger partial charge >= 0.3 is 0 Å². The van der Waals surface area contributed by atoms with Gasteiger partial charge in [-0.3, -0.25) is 0 Å². The second kappa shape index (κ2) is 6.98. The second-order valence-electron chi connectivity index (χ2n) is 4.35. The summed E-state index contributed by atoms with van der Waals surface area (Å²) in [4.78, 5) is 1.18. The van der Waals surface area contributed by atoms with E-state index >= 15 is 0 Å². The van der Waals surface area contributed by atoms with E-state index in [-0.39, 0.29) is 0 Å². The van der Waals surface area contributed by atoms with E-state index in [1.807, 2.05) is 0 Å². The molecule has 0 aliphatic carbocycles. The fourth-order valence-electron chi connectivity index (χ4n) is 1.90. The first kappa shape index (κ1) is 14.4. The van der Waals surface area contributed by atoms with Crippen LogP contribution >= 0.6 is 23.1 Å². The molecule has 0 aliphatic heterocycles. The van der Waals surface area contributed by atoms with Crippen LogP contribution in [0.5, 0.6) is 5.75 Å². The number of methoxy groups -OCH3 is 1. The van der Waals surface area contributed by atoms with Crippen LogP contribution in [0.1, 0.15) is 24.1 Å². The summed E-state index contributed by atoms with van der Waals surface area (Å²) in [6, 6.07) is 8.88. The fraction of sp³-hybridized carbons (Fsp3) is 0.333. The first-order valence-corrected chi connectivity index (χ1v) is 8.37. The van der Waals surface area contributed by atoms with Gasteiger partial charge in [-0.1, -0.05) is 6.07 Å². The lowest BCUT2D eigenvalue weighted by molar-refractivity contribution is 0.403. The van der Waals surface area contributed by atoms with Crippen molar-refractivity contribution in [2.24, 2.45) is 0 Å². The van der Waals surface area contributed by atoms with Crippen molar-refractivity contribution in [3.8, 4) is 5.75 Å². The van der Waals surface area contributed by atoms with Gasteiger partial charge in [-0.25, -0.2) is 0 Å². The molecule has 0 saturated heterocycles. The average molecular weight is 293 g/mol. The van der Waals surface area contributed by atoms with Crippen LogP contribution in [0.3, 0.4) is 0 Å². The molecule has 1 heterocycles. The minimum atomic E-state index is 0.310. The van der Waals surface area contributed by atoms with E-state index in [2.05, 4.69) is 53.5 Å². The average Bonchev–Trinajstić information content (AvgIpc) is 2.97. The van der Waals surface area contributed by atoms with E-state index in [1.165, 1.54) is 16.0 Å². The molecule has 2 rings (SSSR count). The van der Waals surface area contributed by atoms with Crippen molar-refractivity contribution in [1.29, 1.82) is 0 Å². The van der Waals surface area contributed by atoms with Crippen LogP contribution in [0.2, 0.25) is 0 Å². The summed E-state index contributed by atoms with van der Waals surface area (Å²) in [6.45, 7) is 3.08. The van der Waals surface area contributed by atoms with Gasteiger partial charge in [0.05, 0.1) is 7.11 Å². The zero-order chi connectivity index (χ0) is 13.7. The predicted molar refractivity (Wildman–Crippen MR) is 84.3 cm³/mol. The van der Waals surface area contributed by atoms with E-state index in [1.54, 1.807) is 30.2 Å². The highest BCUT2D eigenvalue weighted by Gasteiger charge is 2.09. The number of rotatable bonds is 6. The summed E-state index contributed by atoms with van der Waals surface area (Å²) in [6.07, 6.45) is 2.07. The summed E-state index contributed by atoms with van der Waals surface area (Å²) in [5.41, 5.74) is 2.59. The molecule has 4 heteroatoms. The minimum Gasteiger partial charge on any atom is -0.496 e. The normalized spacial score (nSPS) is 12.4. The molecule has 2 nitrogen and oxygen atoms in total. The molecule has 0 amide bonds. The van der Waals surface area contributed by atoms with Gasteiger partial charge < -0.3 is 10.1 Å². The van der Waals surface area contributed by atoms with Gasteiger partial charge in [-0.05, 0) is 53.3 Å². The molecule has 1 atom stereocenters. The zero-order valence-corrected chi connectivity index (χ0v) is 13.1. The van der Waals surface area contributed by atoms with Crippen LogP contribution in [-0.2, 0) is 6.54 Å². The quantitative estimate of drug-likeness (QED) is 0.801. The van der Waals surface area contributed by atoms with Crippen molar-refractivity contribution in [3.05, 3.63) is 46.2 Å². The van der Waals surface area contributed by atoms with Crippen LogP contribution < -0.4 is 10.1 Å². The highest BCUT2D eigenvalue weighted by atomic mass is 32.2. The lowest BCUT2D eigenvalue weighted by atomic mass is 10.1. The SMILES string of the molecule is COc1cc(C(C)NCc2ccsc2)ccc1SC. The second-order valence-corrected chi connectivity index (χ2v) is 5.98. The molecular formula is C15H19NOS2. The molecule has 102 valence electrons. The summed E-state index contributed by atoms with van der Waals surface area (Å²) in [5, 5.41) is 7.82. The van der Waals surface area contributed by atoms with Gasteiger partial charge in [-0.2, -0.15) is 11.3 Å². The molecule has 0 radical (unpaired) electrons. The Kier molecular flexibility index (Phi) is 5.31. The van der Waals surface area contributed by atoms with Crippen molar-refractivity contribution < 1.29 is 4.74 Å². The molecule has 19 heavy (non-hydrogen) atoms. The Balaban J connectivity index is 2.04. The van der Waals surface area contributed by atoms with Crippen molar-refractivity contribution in [2.75, 3.05) is 13.4 Å². The van der Waals surface area contributed by atoms with Crippen molar-refractivity contribution in [3.63, 3.8) is 0 Å². The minimum absolute atomic E-state index is 0.310. The van der Waals surface area contributed by atoms with E-state index in [0.29, 0.717) is 6.04 Å². The number of nitrogens with one attached hydrogen (secondary N) is 1. The van der Waals surface area contributed by atoms with E-state index < -0.39 is 0 Å². The summed E-state index contributed by atoms with van der Waals surface area (Å²) < 4.78 is 5.43. The first-order valence-electron chi connectivity index (χ1n) is 6.21. The maximum absolute atomic E-state index is 5.43. The number of hydrogen-bond donors (Lipinski definition) is 1. The third kappa shape index (κ3) is 3.75. The van der Waals surface area contributed by atoms with Gasteiger partial charge in [-0.15, -0.1) is 11.8 Å². The van der Waals surface area contributed by atoms with Crippen LogP contribution in [0.4, 0.5) is 0 Å². The molecular weight excluding hydrogens is 274 g/mol. The van der Waals surface area contributed by atoms with Crippen LogP contribution in [0.15, 0.2) is 39.9 Å². The van der Waals surface area contributed by atoms with E-state index in [4.69, 9.17) is 4.74 Å². The summed E-state index contributed by atoms with van der Waals surface area (Å²) in [5.74, 6) is 0.953. The van der Waals surface area contributed by atoms with Crippen molar-refractivity contribution in [2.45, 2.75) is 24.4 Å². The molecule has 1 unspecified atom stereocenters. The summed E-state index contributed by atoms with van der Waals surface area (Å²) >= 11 is 3.44. The Morgan fingerprint density at radius 1 is 1.37 bits per heavy atom. The molecule has 0 fully saturated rings. The Morgan fingerprint density at radius 2 is 2.21 bits per heavy atom. The molecule has 1 aromatic heterocycles. The molecule has 0 aliphatic rings. The number of ether oxygens (including phenoxy) is 1. The monoisotopic (exact) mass is 293 g/mol.